The number of fused-ring (bicyclic) bond motifs is 1. The summed E-state index contributed by atoms with van der Waals surface area (Å²) in [6.45, 7) is 0. The third-order valence-corrected chi connectivity index (χ3v) is 8.04. The van der Waals surface area contributed by atoms with E-state index >= 15 is 0 Å². The topological polar surface area (TPSA) is 278 Å². The Morgan fingerprint density at radius 3 is 1.64 bits per heavy atom. The van der Waals surface area contributed by atoms with Crippen LogP contribution in [-0.4, -0.2) is 82.0 Å². The van der Waals surface area contributed by atoms with E-state index in [1.807, 2.05) is 0 Å². The second-order valence-electron chi connectivity index (χ2n) is 11.6. The van der Waals surface area contributed by atoms with Crippen molar-refractivity contribution in [1.82, 2.24) is 0 Å². The number of aromatic hydroxyl groups is 7. The zero-order chi connectivity index (χ0) is 37.9. The number of esters is 2. The van der Waals surface area contributed by atoms with E-state index in [9.17, 15) is 65.1 Å². The van der Waals surface area contributed by atoms with E-state index in [1.54, 1.807) is 0 Å². The maximum absolute atomic E-state index is 13.9. The predicted molar refractivity (Wildman–Crippen MR) is 175 cm³/mol. The zero-order valence-corrected chi connectivity index (χ0v) is 29.6. The van der Waals surface area contributed by atoms with Crippen LogP contribution in [0.2, 0.25) is 0 Å². The summed E-state index contributed by atoms with van der Waals surface area (Å²) in [6.07, 6.45) is -3.85. The molecule has 0 unspecified atom stereocenters. The third-order valence-electron chi connectivity index (χ3n) is 8.04. The summed E-state index contributed by atoms with van der Waals surface area (Å²) in [5.74, 6) is -10.8. The molecule has 9 N–H and O–H groups in total. The normalized spacial score (nSPS) is 15.7. The largest absolute Gasteiger partial charge is 1.00 e. The Balaban J connectivity index is 0.00000627. The molecule has 0 saturated heterocycles. The SMILES string of the molecule is O=C(/C=C/c1ccc(O)c2c1[C@@H](C(=O)O[C@H](Cc1ccc(O)c(O)c1)C(=O)O)[C@H](c1ccc(O)c(O)c1)O2)O[C@H](Cc1ccc(O)c(O)c1)C(=O)O.[Na+]. The van der Waals surface area contributed by atoms with Gasteiger partial charge < -0.3 is 60.2 Å². The summed E-state index contributed by atoms with van der Waals surface area (Å²) in [7, 11) is 0. The number of ether oxygens (including phenoxy) is 3. The molecule has 5 rings (SSSR count). The Labute approximate surface area is 321 Å². The number of benzene rings is 4. The summed E-state index contributed by atoms with van der Waals surface area (Å²) in [4.78, 5) is 50.9. The number of carbonyl (C=O) groups excluding carboxylic acids is 2. The molecule has 4 aromatic carbocycles. The van der Waals surface area contributed by atoms with Gasteiger partial charge in [-0.05, 0) is 70.8 Å². The first kappa shape index (κ1) is 39.7. The van der Waals surface area contributed by atoms with Gasteiger partial charge in [-0.25, -0.2) is 14.4 Å². The van der Waals surface area contributed by atoms with Gasteiger partial charge in [0.2, 0.25) is 12.2 Å². The predicted octanol–water partition coefficient (Wildman–Crippen LogP) is 0.338. The Kier molecular flexibility index (Phi) is 12.3. The van der Waals surface area contributed by atoms with Crippen molar-refractivity contribution in [1.29, 1.82) is 0 Å². The molecule has 0 aliphatic carbocycles. The molecule has 0 aromatic heterocycles. The first-order chi connectivity index (χ1) is 24.6. The summed E-state index contributed by atoms with van der Waals surface area (Å²) in [5.41, 5.74) is 0.445. The third kappa shape index (κ3) is 9.04. The summed E-state index contributed by atoms with van der Waals surface area (Å²) >= 11 is 0. The van der Waals surface area contributed by atoms with Crippen molar-refractivity contribution in [2.45, 2.75) is 37.1 Å². The molecule has 0 spiro atoms. The molecule has 1 aliphatic rings. The van der Waals surface area contributed by atoms with Crippen LogP contribution in [0.4, 0.5) is 0 Å². The fraction of sp³-hybridized carbons (Fsp3) is 0.167. The van der Waals surface area contributed by atoms with E-state index in [1.165, 1.54) is 24.3 Å². The fourth-order valence-electron chi connectivity index (χ4n) is 5.49. The number of hydrogen-bond acceptors (Lipinski definition) is 14. The maximum atomic E-state index is 13.9. The number of phenols is 7. The zero-order valence-electron chi connectivity index (χ0n) is 27.6. The van der Waals surface area contributed by atoms with Gasteiger partial charge in [0.05, 0.1) is 0 Å². The van der Waals surface area contributed by atoms with Crippen LogP contribution in [0, 0.1) is 0 Å². The molecule has 16 nitrogen and oxygen atoms in total. The number of phenolic OH excluding ortho intramolecular Hbond substituents is 7. The fourth-order valence-corrected chi connectivity index (χ4v) is 5.49. The Morgan fingerprint density at radius 2 is 1.13 bits per heavy atom. The van der Waals surface area contributed by atoms with Gasteiger partial charge in [0.15, 0.2) is 46.0 Å². The standard InChI is InChI=1S/C36H30O16.Na/c37-20-6-1-16(11-24(20)41)13-27(34(45)46)50-29(44)10-5-18-3-9-23(40)33-30(18)31(32(52-33)19-4-8-22(39)26(43)15-19)36(49)51-28(35(47)48)14-17-2-7-21(38)25(42)12-17;/h1-12,15,27-28,31-32,37-43H,13-14H2,(H,45,46)(H,47,48);/q;+1/b10-5+;/t27-,28-,31-,32+;/m1./s1. The molecule has 0 fully saturated rings. The first-order valence-corrected chi connectivity index (χ1v) is 15.2. The smallest absolute Gasteiger partial charge is 0.504 e. The second-order valence-corrected chi connectivity index (χ2v) is 11.6. The van der Waals surface area contributed by atoms with Crippen molar-refractivity contribution in [2.24, 2.45) is 0 Å². The van der Waals surface area contributed by atoms with E-state index < -0.39 is 94.8 Å². The van der Waals surface area contributed by atoms with E-state index in [-0.39, 0.29) is 69.5 Å². The van der Waals surface area contributed by atoms with Gasteiger partial charge in [-0.2, -0.15) is 0 Å². The average Bonchev–Trinajstić information content (AvgIpc) is 3.50. The Morgan fingerprint density at radius 1 is 0.642 bits per heavy atom. The molecule has 0 radical (unpaired) electrons. The molecule has 0 amide bonds. The second kappa shape index (κ2) is 16.5. The number of aliphatic carboxylic acids is 2. The van der Waals surface area contributed by atoms with Crippen molar-refractivity contribution >= 4 is 30.0 Å². The van der Waals surface area contributed by atoms with Gasteiger partial charge >= 0.3 is 53.4 Å². The summed E-state index contributed by atoms with van der Waals surface area (Å²) < 4.78 is 16.5. The van der Waals surface area contributed by atoms with Gasteiger partial charge in [0.1, 0.15) is 12.0 Å². The van der Waals surface area contributed by atoms with Crippen LogP contribution in [0.25, 0.3) is 6.08 Å². The molecule has 0 bridgehead atoms. The van der Waals surface area contributed by atoms with E-state index in [4.69, 9.17) is 14.2 Å². The molecule has 1 aliphatic heterocycles. The van der Waals surface area contributed by atoms with Crippen LogP contribution in [0.3, 0.4) is 0 Å². The van der Waals surface area contributed by atoms with Crippen LogP contribution >= 0.6 is 0 Å². The van der Waals surface area contributed by atoms with Crippen molar-refractivity contribution in [3.8, 4) is 46.0 Å². The van der Waals surface area contributed by atoms with Crippen LogP contribution in [0.1, 0.15) is 39.8 Å². The van der Waals surface area contributed by atoms with Crippen LogP contribution in [-0.2, 0) is 41.5 Å². The van der Waals surface area contributed by atoms with Crippen molar-refractivity contribution in [2.75, 3.05) is 0 Å². The quantitative estimate of drug-likeness (QED) is 0.0410. The number of carboxylic acids is 2. The molecule has 4 aromatic rings. The van der Waals surface area contributed by atoms with E-state index in [2.05, 4.69) is 0 Å². The summed E-state index contributed by atoms with van der Waals surface area (Å²) in [6, 6.07) is 13.0. The molecule has 270 valence electrons. The maximum Gasteiger partial charge on any atom is 1.00 e. The van der Waals surface area contributed by atoms with Gasteiger partial charge in [0.25, 0.3) is 0 Å². The van der Waals surface area contributed by atoms with Crippen LogP contribution in [0.15, 0.2) is 72.8 Å². The van der Waals surface area contributed by atoms with Crippen molar-refractivity contribution < 1.29 is 109 Å². The molecule has 17 heteroatoms. The Bertz CT molecular complexity index is 2090. The van der Waals surface area contributed by atoms with Crippen LogP contribution in [0.5, 0.6) is 46.0 Å². The Hall–Kier alpha value is -6.10. The molecular weight excluding hydrogens is 711 g/mol. The van der Waals surface area contributed by atoms with E-state index in [0.29, 0.717) is 0 Å². The van der Waals surface area contributed by atoms with Gasteiger partial charge in [-0.3, -0.25) is 4.79 Å². The average molecular weight is 742 g/mol. The minimum Gasteiger partial charge on any atom is -0.504 e. The van der Waals surface area contributed by atoms with Crippen molar-refractivity contribution in [3.63, 3.8) is 0 Å². The van der Waals surface area contributed by atoms with Gasteiger partial charge in [-0.1, -0.05) is 24.3 Å². The van der Waals surface area contributed by atoms with Gasteiger partial charge in [0, 0.05) is 24.5 Å². The minimum absolute atomic E-state index is 0. The number of carboxylic acid groups (broad SMARTS) is 2. The molecule has 1 heterocycles. The molecule has 0 saturated carbocycles. The minimum atomic E-state index is -1.84. The number of hydrogen-bond donors (Lipinski definition) is 9. The number of rotatable bonds is 12. The van der Waals surface area contributed by atoms with Crippen LogP contribution < -0.4 is 34.3 Å². The summed E-state index contributed by atoms with van der Waals surface area (Å²) in [5, 5.41) is 89.1. The monoisotopic (exact) mass is 741 g/mol. The van der Waals surface area contributed by atoms with Crippen molar-refractivity contribution in [3.05, 3.63) is 101 Å². The molecule has 4 atom stereocenters. The molecular formula is C36H30NaO16+. The molecule has 53 heavy (non-hydrogen) atoms. The van der Waals surface area contributed by atoms with E-state index in [0.717, 1.165) is 54.6 Å². The first-order valence-electron chi connectivity index (χ1n) is 15.2. The number of carbonyl (C=O) groups is 4. The van der Waals surface area contributed by atoms with Gasteiger partial charge in [-0.15, -0.1) is 0 Å².